The highest BCUT2D eigenvalue weighted by Gasteiger charge is 2.14. The first-order chi connectivity index (χ1) is 15.1. The third-order valence-corrected chi connectivity index (χ3v) is 4.62. The summed E-state index contributed by atoms with van der Waals surface area (Å²) in [7, 11) is 0. The highest BCUT2D eigenvalue weighted by atomic mass is 35.5. The fourth-order valence-electron chi connectivity index (χ4n) is 2.87. The molecule has 0 atom stereocenters. The van der Waals surface area contributed by atoms with Gasteiger partial charge in [-0.1, -0.05) is 41.9 Å². The lowest BCUT2D eigenvalue weighted by atomic mass is 10.0. The number of nitrogens with zero attached hydrogens (tertiary/aromatic N) is 3. The molecule has 0 radical (unpaired) electrons. The van der Waals surface area contributed by atoms with E-state index in [9.17, 15) is 9.59 Å². The Balaban J connectivity index is 1.63. The van der Waals surface area contributed by atoms with Crippen LogP contribution in [-0.2, 0) is 0 Å². The molecular formula is C23H15ClN4O3. The van der Waals surface area contributed by atoms with E-state index < -0.39 is 11.9 Å². The molecule has 1 heterocycles. The van der Waals surface area contributed by atoms with Crippen molar-refractivity contribution in [3.63, 3.8) is 0 Å². The van der Waals surface area contributed by atoms with Crippen molar-refractivity contribution in [1.82, 2.24) is 15.4 Å². The molecule has 7 nitrogen and oxygen atoms in total. The van der Waals surface area contributed by atoms with Gasteiger partial charge in [0.1, 0.15) is 11.4 Å². The number of carbonyl (C=O) groups is 2. The van der Waals surface area contributed by atoms with Gasteiger partial charge in [-0.15, -0.1) is 0 Å². The average Bonchev–Trinajstić information content (AvgIpc) is 2.81. The third-order valence-electron chi connectivity index (χ3n) is 4.37. The smallest absolute Gasteiger partial charge is 0.343 e. The van der Waals surface area contributed by atoms with E-state index in [1.54, 1.807) is 30.3 Å². The second-order valence-corrected chi connectivity index (χ2v) is 6.82. The van der Waals surface area contributed by atoms with Crippen LogP contribution in [0.25, 0.3) is 10.8 Å². The third kappa shape index (κ3) is 4.73. The molecule has 1 amide bonds. The molecule has 1 aromatic heterocycles. The van der Waals surface area contributed by atoms with E-state index in [0.717, 1.165) is 10.8 Å². The van der Waals surface area contributed by atoms with Gasteiger partial charge in [0.05, 0.1) is 18.0 Å². The first-order valence-corrected chi connectivity index (χ1v) is 9.58. The van der Waals surface area contributed by atoms with Gasteiger partial charge in [0.25, 0.3) is 5.91 Å². The van der Waals surface area contributed by atoms with Crippen molar-refractivity contribution in [1.29, 1.82) is 0 Å². The van der Waals surface area contributed by atoms with Gasteiger partial charge in [-0.25, -0.2) is 15.2 Å². The van der Waals surface area contributed by atoms with E-state index in [0.29, 0.717) is 21.9 Å². The molecule has 4 aromatic rings. The maximum atomic E-state index is 12.6. The van der Waals surface area contributed by atoms with E-state index in [2.05, 4.69) is 20.5 Å². The minimum absolute atomic E-state index is 0.131. The number of hydrogen-bond acceptors (Lipinski definition) is 6. The predicted molar refractivity (Wildman–Crippen MR) is 117 cm³/mol. The lowest BCUT2D eigenvalue weighted by Gasteiger charge is -2.10. The summed E-state index contributed by atoms with van der Waals surface area (Å²) in [6, 6.07) is 17.5. The van der Waals surface area contributed by atoms with Crippen molar-refractivity contribution in [2.75, 3.05) is 0 Å². The summed E-state index contributed by atoms with van der Waals surface area (Å²) < 4.78 is 5.61. The summed E-state index contributed by atoms with van der Waals surface area (Å²) in [5.74, 6) is -0.745. The number of hydrogen-bond donors (Lipinski definition) is 1. The SMILES string of the molecule is O=C(Oc1ccc2ccccc2c1C=NNC(=O)c1cnccn1)c1ccc(Cl)cc1. The van der Waals surface area contributed by atoms with E-state index >= 15 is 0 Å². The summed E-state index contributed by atoms with van der Waals surface area (Å²) in [6.45, 7) is 0. The zero-order valence-electron chi connectivity index (χ0n) is 16.0. The van der Waals surface area contributed by atoms with Gasteiger partial charge in [-0.2, -0.15) is 5.10 Å². The van der Waals surface area contributed by atoms with Crippen LogP contribution in [0, 0.1) is 0 Å². The van der Waals surface area contributed by atoms with Gasteiger partial charge in [0.2, 0.25) is 0 Å². The number of aromatic nitrogens is 2. The van der Waals surface area contributed by atoms with Crippen molar-refractivity contribution in [2.24, 2.45) is 5.10 Å². The van der Waals surface area contributed by atoms with Crippen LogP contribution in [0.4, 0.5) is 0 Å². The van der Waals surface area contributed by atoms with E-state index in [1.807, 2.05) is 30.3 Å². The number of fused-ring (bicyclic) bond motifs is 1. The monoisotopic (exact) mass is 430 g/mol. The van der Waals surface area contributed by atoms with Crippen LogP contribution in [0.15, 0.2) is 84.4 Å². The maximum absolute atomic E-state index is 12.6. The van der Waals surface area contributed by atoms with Gasteiger partial charge in [-0.3, -0.25) is 9.78 Å². The van der Waals surface area contributed by atoms with Crippen molar-refractivity contribution in [3.8, 4) is 5.75 Å². The zero-order chi connectivity index (χ0) is 21.6. The van der Waals surface area contributed by atoms with E-state index in [4.69, 9.17) is 16.3 Å². The summed E-state index contributed by atoms with van der Waals surface area (Å²) in [6.07, 6.45) is 5.65. The summed E-state index contributed by atoms with van der Waals surface area (Å²) in [5, 5.41) is 6.27. The number of amides is 1. The van der Waals surface area contributed by atoms with E-state index in [1.165, 1.54) is 24.8 Å². The van der Waals surface area contributed by atoms with Gasteiger partial charge in [0.15, 0.2) is 0 Å². The molecule has 0 fully saturated rings. The normalized spacial score (nSPS) is 10.9. The Kier molecular flexibility index (Phi) is 5.96. The lowest BCUT2D eigenvalue weighted by molar-refractivity contribution is 0.0734. The maximum Gasteiger partial charge on any atom is 0.343 e. The Morgan fingerprint density at radius 2 is 1.81 bits per heavy atom. The number of esters is 1. The van der Waals surface area contributed by atoms with Gasteiger partial charge in [-0.05, 0) is 41.1 Å². The second kappa shape index (κ2) is 9.15. The Morgan fingerprint density at radius 1 is 1.00 bits per heavy atom. The Morgan fingerprint density at radius 3 is 2.58 bits per heavy atom. The molecule has 3 aromatic carbocycles. The number of halogens is 1. The minimum Gasteiger partial charge on any atom is -0.422 e. The molecule has 0 aliphatic rings. The second-order valence-electron chi connectivity index (χ2n) is 6.38. The van der Waals surface area contributed by atoms with Crippen molar-refractivity contribution in [2.45, 2.75) is 0 Å². The predicted octanol–water partition coefficient (Wildman–Crippen LogP) is 4.27. The molecule has 0 saturated heterocycles. The van der Waals surface area contributed by atoms with Crippen molar-refractivity contribution in [3.05, 3.63) is 101 Å². The first kappa shape index (κ1) is 20.2. The summed E-state index contributed by atoms with van der Waals surface area (Å²) >= 11 is 5.88. The molecule has 0 unspecified atom stereocenters. The van der Waals surface area contributed by atoms with Crippen LogP contribution in [0.5, 0.6) is 5.75 Å². The Bertz CT molecular complexity index is 1280. The summed E-state index contributed by atoms with van der Waals surface area (Å²) in [4.78, 5) is 32.5. The van der Waals surface area contributed by atoms with Crippen LogP contribution >= 0.6 is 11.6 Å². The molecule has 0 aliphatic carbocycles. The highest BCUT2D eigenvalue weighted by molar-refractivity contribution is 6.30. The topological polar surface area (TPSA) is 93.5 Å². The fourth-order valence-corrected chi connectivity index (χ4v) is 3.00. The number of carbonyl (C=O) groups excluding carboxylic acids is 2. The molecule has 0 saturated carbocycles. The van der Waals surface area contributed by atoms with Gasteiger partial charge in [0, 0.05) is 23.0 Å². The van der Waals surface area contributed by atoms with Crippen LogP contribution in [-0.4, -0.2) is 28.1 Å². The molecule has 8 heteroatoms. The molecule has 4 rings (SSSR count). The standard InChI is InChI=1S/C23H15ClN4O3/c24-17-8-5-16(6-9-17)23(30)31-21-10-7-15-3-1-2-4-18(15)19(21)13-27-28-22(29)20-14-25-11-12-26-20/h1-14H,(H,28,29). The molecule has 1 N–H and O–H groups in total. The lowest BCUT2D eigenvalue weighted by Crippen LogP contribution is -2.19. The quantitative estimate of drug-likeness (QED) is 0.221. The molecular weight excluding hydrogens is 416 g/mol. The Labute approximate surface area is 182 Å². The number of ether oxygens (including phenoxy) is 1. The molecule has 0 aliphatic heterocycles. The molecule has 0 spiro atoms. The zero-order valence-corrected chi connectivity index (χ0v) is 16.8. The summed E-state index contributed by atoms with van der Waals surface area (Å²) in [5.41, 5.74) is 3.43. The van der Waals surface area contributed by atoms with Crippen molar-refractivity contribution < 1.29 is 14.3 Å². The van der Waals surface area contributed by atoms with Crippen LogP contribution in [0.3, 0.4) is 0 Å². The number of nitrogens with one attached hydrogen (secondary N) is 1. The van der Waals surface area contributed by atoms with Crippen LogP contribution in [0.1, 0.15) is 26.4 Å². The molecule has 152 valence electrons. The number of hydrazone groups is 1. The van der Waals surface area contributed by atoms with Gasteiger partial charge < -0.3 is 4.74 Å². The molecule has 0 bridgehead atoms. The molecule has 31 heavy (non-hydrogen) atoms. The number of benzene rings is 3. The number of rotatable bonds is 5. The fraction of sp³-hybridized carbons (Fsp3) is 0. The highest BCUT2D eigenvalue weighted by Crippen LogP contribution is 2.27. The first-order valence-electron chi connectivity index (χ1n) is 9.21. The average molecular weight is 431 g/mol. The van der Waals surface area contributed by atoms with Crippen molar-refractivity contribution >= 4 is 40.5 Å². The van der Waals surface area contributed by atoms with Gasteiger partial charge >= 0.3 is 5.97 Å². The largest absolute Gasteiger partial charge is 0.422 e. The van der Waals surface area contributed by atoms with E-state index in [-0.39, 0.29) is 5.69 Å². The minimum atomic E-state index is -0.537. The van der Waals surface area contributed by atoms with Crippen LogP contribution in [0.2, 0.25) is 5.02 Å². The van der Waals surface area contributed by atoms with Crippen LogP contribution < -0.4 is 10.2 Å². The Hall–Kier alpha value is -4.10.